The predicted molar refractivity (Wildman–Crippen MR) is 80.6 cm³/mol. The lowest BCUT2D eigenvalue weighted by Crippen LogP contribution is -2.12. The summed E-state index contributed by atoms with van der Waals surface area (Å²) in [6.45, 7) is 7.02. The fourth-order valence-electron chi connectivity index (χ4n) is 2.48. The summed E-state index contributed by atoms with van der Waals surface area (Å²) in [6, 6.07) is 3.56. The first-order valence-electron chi connectivity index (χ1n) is 7.35. The van der Waals surface area contributed by atoms with Crippen LogP contribution in [0.25, 0.3) is 0 Å². The van der Waals surface area contributed by atoms with E-state index >= 15 is 0 Å². The standard InChI is InChI=1S/C16H23ClO3/c1-4-19-14-8-12(13(17)9-15(14)20-5-2)16(18)10(3)11-6-7-11/h8-11,16,18H,4-7H2,1-3H3. The number of rotatable bonds is 7. The number of ether oxygens (including phenoxy) is 2. The van der Waals surface area contributed by atoms with E-state index in [1.807, 2.05) is 19.9 Å². The van der Waals surface area contributed by atoms with E-state index in [9.17, 15) is 5.11 Å². The van der Waals surface area contributed by atoms with Crippen LogP contribution in [0.2, 0.25) is 5.02 Å². The average molecular weight is 299 g/mol. The summed E-state index contributed by atoms with van der Waals surface area (Å²) in [4.78, 5) is 0. The van der Waals surface area contributed by atoms with Gasteiger partial charge in [0.1, 0.15) is 0 Å². The van der Waals surface area contributed by atoms with Gasteiger partial charge in [-0.3, -0.25) is 0 Å². The quantitative estimate of drug-likeness (QED) is 0.819. The summed E-state index contributed by atoms with van der Waals surface area (Å²) < 4.78 is 11.1. The first-order valence-corrected chi connectivity index (χ1v) is 7.73. The van der Waals surface area contributed by atoms with Crippen LogP contribution in [0.3, 0.4) is 0 Å². The molecule has 0 spiro atoms. The van der Waals surface area contributed by atoms with Crippen molar-refractivity contribution in [1.29, 1.82) is 0 Å². The molecule has 0 aromatic heterocycles. The molecule has 1 N–H and O–H groups in total. The lowest BCUT2D eigenvalue weighted by molar-refractivity contribution is 0.105. The Balaban J connectivity index is 2.29. The first-order chi connectivity index (χ1) is 9.58. The Hall–Kier alpha value is -0.930. The third kappa shape index (κ3) is 3.39. The summed E-state index contributed by atoms with van der Waals surface area (Å²) >= 11 is 6.31. The second-order valence-electron chi connectivity index (χ2n) is 5.33. The number of hydrogen-bond donors (Lipinski definition) is 1. The Kier molecular flexibility index (Phi) is 5.17. The highest BCUT2D eigenvalue weighted by atomic mass is 35.5. The van der Waals surface area contributed by atoms with Gasteiger partial charge in [0.15, 0.2) is 11.5 Å². The Bertz CT molecular complexity index is 457. The average Bonchev–Trinajstić information content (AvgIpc) is 3.25. The van der Waals surface area contributed by atoms with Crippen molar-refractivity contribution < 1.29 is 14.6 Å². The number of benzene rings is 1. The van der Waals surface area contributed by atoms with Gasteiger partial charge in [-0.2, -0.15) is 0 Å². The minimum atomic E-state index is -0.551. The molecule has 0 saturated heterocycles. The molecule has 2 atom stereocenters. The van der Waals surface area contributed by atoms with Gasteiger partial charge in [0.2, 0.25) is 0 Å². The maximum atomic E-state index is 10.5. The van der Waals surface area contributed by atoms with Crippen LogP contribution in [-0.4, -0.2) is 18.3 Å². The lowest BCUT2D eigenvalue weighted by Gasteiger charge is -2.22. The zero-order valence-electron chi connectivity index (χ0n) is 12.4. The molecule has 112 valence electrons. The van der Waals surface area contributed by atoms with Crippen molar-refractivity contribution in [2.75, 3.05) is 13.2 Å². The van der Waals surface area contributed by atoms with Crippen LogP contribution in [0.15, 0.2) is 12.1 Å². The van der Waals surface area contributed by atoms with Crippen LogP contribution >= 0.6 is 11.6 Å². The molecule has 1 aliphatic carbocycles. The molecule has 4 heteroatoms. The van der Waals surface area contributed by atoms with E-state index in [1.54, 1.807) is 6.07 Å². The molecule has 2 rings (SSSR count). The van der Waals surface area contributed by atoms with E-state index in [-0.39, 0.29) is 5.92 Å². The monoisotopic (exact) mass is 298 g/mol. The third-order valence-corrected chi connectivity index (χ3v) is 4.17. The van der Waals surface area contributed by atoms with Crippen molar-refractivity contribution in [3.8, 4) is 11.5 Å². The molecule has 1 fully saturated rings. The fraction of sp³-hybridized carbons (Fsp3) is 0.625. The van der Waals surface area contributed by atoms with E-state index in [0.717, 1.165) is 5.56 Å². The van der Waals surface area contributed by atoms with Gasteiger partial charge < -0.3 is 14.6 Å². The molecule has 0 aliphatic heterocycles. The van der Waals surface area contributed by atoms with E-state index in [2.05, 4.69) is 6.92 Å². The van der Waals surface area contributed by atoms with Gasteiger partial charge in [-0.05, 0) is 44.6 Å². The van der Waals surface area contributed by atoms with Crippen LogP contribution in [0, 0.1) is 11.8 Å². The van der Waals surface area contributed by atoms with Gasteiger partial charge in [-0.15, -0.1) is 0 Å². The number of aliphatic hydroxyl groups is 1. The zero-order valence-corrected chi connectivity index (χ0v) is 13.1. The molecule has 1 aliphatic rings. The summed E-state index contributed by atoms with van der Waals surface area (Å²) in [5.74, 6) is 2.12. The van der Waals surface area contributed by atoms with Crippen molar-refractivity contribution in [2.24, 2.45) is 11.8 Å². The minimum absolute atomic E-state index is 0.222. The molecule has 0 radical (unpaired) electrons. The molecule has 1 aromatic carbocycles. The van der Waals surface area contributed by atoms with E-state index in [4.69, 9.17) is 21.1 Å². The summed E-state index contributed by atoms with van der Waals surface area (Å²) in [5.41, 5.74) is 0.734. The maximum absolute atomic E-state index is 10.5. The first kappa shape index (κ1) is 15.5. The van der Waals surface area contributed by atoms with Gasteiger partial charge in [-0.1, -0.05) is 18.5 Å². The minimum Gasteiger partial charge on any atom is -0.490 e. The number of aliphatic hydroxyl groups excluding tert-OH is 1. The summed E-state index contributed by atoms with van der Waals surface area (Å²) in [7, 11) is 0. The van der Waals surface area contributed by atoms with E-state index in [0.29, 0.717) is 35.7 Å². The van der Waals surface area contributed by atoms with Crippen molar-refractivity contribution in [3.05, 3.63) is 22.7 Å². The predicted octanol–water partition coefficient (Wildman–Crippen LogP) is 4.22. The molecule has 0 bridgehead atoms. The van der Waals surface area contributed by atoms with E-state index < -0.39 is 6.10 Å². The molecule has 1 aromatic rings. The molecule has 1 saturated carbocycles. The second-order valence-corrected chi connectivity index (χ2v) is 5.74. The van der Waals surface area contributed by atoms with Gasteiger partial charge in [0, 0.05) is 11.6 Å². The zero-order chi connectivity index (χ0) is 14.7. The van der Waals surface area contributed by atoms with Gasteiger partial charge in [0.25, 0.3) is 0 Å². The summed E-state index contributed by atoms with van der Waals surface area (Å²) in [5, 5.41) is 11.1. The molecule has 2 unspecified atom stereocenters. The molecule has 3 nitrogen and oxygen atoms in total. The number of hydrogen-bond acceptors (Lipinski definition) is 3. The Morgan fingerprint density at radius 1 is 1.20 bits per heavy atom. The van der Waals surface area contributed by atoms with Crippen molar-refractivity contribution in [1.82, 2.24) is 0 Å². The summed E-state index contributed by atoms with van der Waals surface area (Å²) in [6.07, 6.45) is 1.85. The second kappa shape index (κ2) is 6.68. The van der Waals surface area contributed by atoms with Gasteiger partial charge >= 0.3 is 0 Å². The normalized spacial score (nSPS) is 17.6. The van der Waals surface area contributed by atoms with Crippen LogP contribution in [0.1, 0.15) is 45.3 Å². The van der Waals surface area contributed by atoms with Crippen LogP contribution in [0.4, 0.5) is 0 Å². The highest BCUT2D eigenvalue weighted by Gasteiger charge is 2.34. The van der Waals surface area contributed by atoms with Gasteiger partial charge in [-0.25, -0.2) is 0 Å². The number of halogens is 1. The fourth-order valence-corrected chi connectivity index (χ4v) is 2.74. The van der Waals surface area contributed by atoms with Gasteiger partial charge in [0.05, 0.1) is 24.3 Å². The Labute approximate surface area is 125 Å². The smallest absolute Gasteiger partial charge is 0.162 e. The van der Waals surface area contributed by atoms with Crippen molar-refractivity contribution >= 4 is 11.6 Å². The Morgan fingerprint density at radius 3 is 2.25 bits per heavy atom. The van der Waals surface area contributed by atoms with E-state index in [1.165, 1.54) is 12.8 Å². The molecule has 20 heavy (non-hydrogen) atoms. The third-order valence-electron chi connectivity index (χ3n) is 3.84. The van der Waals surface area contributed by atoms with Crippen LogP contribution in [0.5, 0.6) is 11.5 Å². The molecule has 0 amide bonds. The molecule has 0 heterocycles. The highest BCUT2D eigenvalue weighted by molar-refractivity contribution is 6.31. The molecular formula is C16H23ClO3. The van der Waals surface area contributed by atoms with Crippen LogP contribution < -0.4 is 9.47 Å². The topological polar surface area (TPSA) is 38.7 Å². The van der Waals surface area contributed by atoms with Crippen molar-refractivity contribution in [2.45, 2.75) is 39.7 Å². The van der Waals surface area contributed by atoms with Crippen LogP contribution in [-0.2, 0) is 0 Å². The largest absolute Gasteiger partial charge is 0.490 e. The maximum Gasteiger partial charge on any atom is 0.162 e. The molecular weight excluding hydrogens is 276 g/mol. The SMILES string of the molecule is CCOc1cc(Cl)c(C(O)C(C)C2CC2)cc1OCC. The lowest BCUT2D eigenvalue weighted by atomic mass is 9.93. The highest BCUT2D eigenvalue weighted by Crippen LogP contribution is 2.45. The van der Waals surface area contributed by atoms with Crippen molar-refractivity contribution in [3.63, 3.8) is 0 Å². The Morgan fingerprint density at radius 2 is 1.75 bits per heavy atom.